The largest absolute Gasteiger partial charge is 0.381 e. The van der Waals surface area contributed by atoms with Crippen LogP contribution in [-0.4, -0.2) is 35.2 Å². The van der Waals surface area contributed by atoms with Crippen molar-refractivity contribution in [3.63, 3.8) is 0 Å². The lowest BCUT2D eigenvalue weighted by molar-refractivity contribution is -0.122. The Hall–Kier alpha value is -0.260. The molecule has 1 aliphatic heterocycles. The van der Waals surface area contributed by atoms with Gasteiger partial charge >= 0.3 is 0 Å². The molecule has 0 spiro atoms. The standard InChI is InChI=1S/C11H22N2O2S/c1-8(7-11(2,13)10(12)14)16-9-3-5-15-6-4-9/h8-9H,3-7,13H2,1-2H3,(H2,12,14). The summed E-state index contributed by atoms with van der Waals surface area (Å²) in [6.07, 6.45) is 2.81. The van der Waals surface area contributed by atoms with Gasteiger partial charge in [-0.15, -0.1) is 0 Å². The fourth-order valence-corrected chi connectivity index (χ4v) is 3.45. The third-order valence-electron chi connectivity index (χ3n) is 2.87. The Kier molecular flexibility index (Phi) is 5.08. The minimum Gasteiger partial charge on any atom is -0.381 e. The zero-order valence-electron chi connectivity index (χ0n) is 10.1. The molecule has 1 heterocycles. The third-order valence-corrected chi connectivity index (χ3v) is 4.36. The molecular weight excluding hydrogens is 224 g/mol. The predicted octanol–water partition coefficient (Wildman–Crippen LogP) is 0.880. The van der Waals surface area contributed by atoms with Gasteiger partial charge in [-0.25, -0.2) is 0 Å². The molecule has 4 nitrogen and oxygen atoms in total. The van der Waals surface area contributed by atoms with E-state index in [2.05, 4.69) is 6.92 Å². The van der Waals surface area contributed by atoms with Crippen LogP contribution < -0.4 is 11.5 Å². The Labute approximate surface area is 101 Å². The quantitative estimate of drug-likeness (QED) is 0.755. The van der Waals surface area contributed by atoms with Gasteiger partial charge in [0.2, 0.25) is 5.91 Å². The second kappa shape index (κ2) is 5.89. The lowest BCUT2D eigenvalue weighted by Gasteiger charge is -2.28. The molecular formula is C11H22N2O2S. The highest BCUT2D eigenvalue weighted by molar-refractivity contribution is 8.00. The molecule has 1 fully saturated rings. The van der Waals surface area contributed by atoms with Crippen LogP contribution in [0.25, 0.3) is 0 Å². The maximum atomic E-state index is 11.1. The van der Waals surface area contributed by atoms with Crippen molar-refractivity contribution in [1.82, 2.24) is 0 Å². The molecule has 2 unspecified atom stereocenters. The fraction of sp³-hybridized carbons (Fsp3) is 0.909. The molecule has 4 N–H and O–H groups in total. The average Bonchev–Trinajstić information content (AvgIpc) is 2.17. The molecule has 1 rings (SSSR count). The average molecular weight is 246 g/mol. The third kappa shape index (κ3) is 4.31. The van der Waals surface area contributed by atoms with E-state index >= 15 is 0 Å². The van der Waals surface area contributed by atoms with Gasteiger partial charge in [0.05, 0.1) is 5.54 Å². The van der Waals surface area contributed by atoms with Crippen LogP contribution >= 0.6 is 11.8 Å². The molecule has 1 saturated heterocycles. The monoisotopic (exact) mass is 246 g/mol. The first-order valence-electron chi connectivity index (χ1n) is 5.74. The van der Waals surface area contributed by atoms with Crippen molar-refractivity contribution < 1.29 is 9.53 Å². The summed E-state index contributed by atoms with van der Waals surface area (Å²) in [7, 11) is 0. The van der Waals surface area contributed by atoms with E-state index < -0.39 is 11.4 Å². The Morgan fingerprint density at radius 2 is 2.12 bits per heavy atom. The second-order valence-electron chi connectivity index (χ2n) is 4.74. The summed E-state index contributed by atoms with van der Waals surface area (Å²) in [5, 5.41) is 0.984. The molecule has 0 saturated carbocycles. The maximum absolute atomic E-state index is 11.1. The van der Waals surface area contributed by atoms with Crippen LogP contribution in [-0.2, 0) is 9.53 Å². The molecule has 5 heteroatoms. The maximum Gasteiger partial charge on any atom is 0.237 e. The molecule has 0 aliphatic carbocycles. The van der Waals surface area contributed by atoms with Gasteiger partial charge in [0.25, 0.3) is 0 Å². The SMILES string of the molecule is CC(CC(C)(N)C(N)=O)SC1CCOCC1. The van der Waals surface area contributed by atoms with Crippen LogP contribution in [0.3, 0.4) is 0 Å². The molecule has 0 radical (unpaired) electrons. The van der Waals surface area contributed by atoms with Gasteiger partial charge in [0.1, 0.15) is 0 Å². The Morgan fingerprint density at radius 3 is 2.62 bits per heavy atom. The van der Waals surface area contributed by atoms with Crippen molar-refractivity contribution in [3.8, 4) is 0 Å². The zero-order valence-corrected chi connectivity index (χ0v) is 10.9. The molecule has 0 aromatic rings. The summed E-state index contributed by atoms with van der Waals surface area (Å²) in [5.41, 5.74) is 10.2. The van der Waals surface area contributed by atoms with Gasteiger partial charge in [-0.1, -0.05) is 6.92 Å². The summed E-state index contributed by atoms with van der Waals surface area (Å²) < 4.78 is 5.31. The van der Waals surface area contributed by atoms with Crippen molar-refractivity contribution in [2.75, 3.05) is 13.2 Å². The van der Waals surface area contributed by atoms with Gasteiger partial charge in [-0.3, -0.25) is 4.79 Å². The Bertz CT molecular complexity index is 240. The molecule has 94 valence electrons. The van der Waals surface area contributed by atoms with Crippen LogP contribution in [0.4, 0.5) is 0 Å². The minimum atomic E-state index is -0.891. The second-order valence-corrected chi connectivity index (χ2v) is 6.49. The Balaban J connectivity index is 2.34. The van der Waals surface area contributed by atoms with E-state index in [0.717, 1.165) is 26.1 Å². The molecule has 0 aromatic heterocycles. The number of ether oxygens (including phenoxy) is 1. The first-order chi connectivity index (χ1) is 7.42. The van der Waals surface area contributed by atoms with Crippen molar-refractivity contribution in [1.29, 1.82) is 0 Å². The van der Waals surface area contributed by atoms with Gasteiger partial charge in [-0.2, -0.15) is 11.8 Å². The van der Waals surface area contributed by atoms with E-state index in [1.165, 1.54) is 0 Å². The molecule has 1 amide bonds. The first-order valence-corrected chi connectivity index (χ1v) is 6.68. The highest BCUT2D eigenvalue weighted by atomic mass is 32.2. The van der Waals surface area contributed by atoms with Crippen molar-refractivity contribution >= 4 is 17.7 Å². The smallest absolute Gasteiger partial charge is 0.237 e. The topological polar surface area (TPSA) is 78.3 Å². The van der Waals surface area contributed by atoms with Crippen LogP contribution in [0.1, 0.15) is 33.1 Å². The summed E-state index contributed by atoms with van der Waals surface area (Å²) in [6.45, 7) is 5.50. The van der Waals surface area contributed by atoms with Crippen molar-refractivity contribution in [3.05, 3.63) is 0 Å². The summed E-state index contributed by atoms with van der Waals surface area (Å²) in [6, 6.07) is 0. The normalized spacial score (nSPS) is 23.7. The van der Waals surface area contributed by atoms with Crippen LogP contribution in [0.2, 0.25) is 0 Å². The van der Waals surface area contributed by atoms with E-state index in [-0.39, 0.29) is 0 Å². The number of carbonyl (C=O) groups is 1. The number of rotatable bonds is 5. The number of thioether (sulfide) groups is 1. The van der Waals surface area contributed by atoms with Gasteiger partial charge in [0.15, 0.2) is 0 Å². The van der Waals surface area contributed by atoms with Crippen molar-refractivity contribution in [2.24, 2.45) is 11.5 Å². The van der Waals surface area contributed by atoms with Crippen LogP contribution in [0, 0.1) is 0 Å². The molecule has 0 aromatic carbocycles. The van der Waals surface area contributed by atoms with Gasteiger partial charge in [0, 0.05) is 23.7 Å². The van der Waals surface area contributed by atoms with Gasteiger partial charge in [-0.05, 0) is 26.2 Å². The number of hydrogen-bond donors (Lipinski definition) is 2. The highest BCUT2D eigenvalue weighted by Gasteiger charge is 2.29. The molecule has 16 heavy (non-hydrogen) atoms. The lowest BCUT2D eigenvalue weighted by atomic mass is 9.97. The number of primary amides is 1. The number of carbonyl (C=O) groups excluding carboxylic acids is 1. The van der Waals surface area contributed by atoms with E-state index in [9.17, 15) is 4.79 Å². The fourth-order valence-electron chi connectivity index (χ4n) is 1.89. The van der Waals surface area contributed by atoms with E-state index in [4.69, 9.17) is 16.2 Å². The lowest BCUT2D eigenvalue weighted by Crippen LogP contribution is -2.50. The summed E-state index contributed by atoms with van der Waals surface area (Å²) in [4.78, 5) is 11.1. The molecule has 2 atom stereocenters. The minimum absolute atomic E-state index is 0.352. The van der Waals surface area contributed by atoms with E-state index in [1.807, 2.05) is 11.8 Å². The van der Waals surface area contributed by atoms with E-state index in [1.54, 1.807) is 6.92 Å². The van der Waals surface area contributed by atoms with E-state index in [0.29, 0.717) is 16.9 Å². The summed E-state index contributed by atoms with van der Waals surface area (Å²) >= 11 is 1.90. The van der Waals surface area contributed by atoms with Gasteiger partial charge < -0.3 is 16.2 Å². The van der Waals surface area contributed by atoms with Crippen LogP contribution in [0.15, 0.2) is 0 Å². The molecule has 0 bridgehead atoms. The predicted molar refractivity (Wildman–Crippen MR) is 67.3 cm³/mol. The zero-order chi connectivity index (χ0) is 12.2. The number of amides is 1. The Morgan fingerprint density at radius 1 is 1.56 bits per heavy atom. The molecule has 1 aliphatic rings. The number of nitrogens with two attached hydrogens (primary N) is 2. The number of hydrogen-bond acceptors (Lipinski definition) is 4. The van der Waals surface area contributed by atoms with Crippen molar-refractivity contribution in [2.45, 2.75) is 49.1 Å². The first kappa shape index (κ1) is 13.8. The summed E-state index contributed by atoms with van der Waals surface area (Å²) in [5.74, 6) is -0.424. The van der Waals surface area contributed by atoms with Crippen LogP contribution in [0.5, 0.6) is 0 Å². The highest BCUT2D eigenvalue weighted by Crippen LogP contribution is 2.29.